The van der Waals surface area contributed by atoms with Crippen molar-refractivity contribution in [3.63, 3.8) is 0 Å². The minimum absolute atomic E-state index is 0.0918. The third kappa shape index (κ3) is 4.20. The highest BCUT2D eigenvalue weighted by Gasteiger charge is 2.31. The number of nitrogens with zero attached hydrogens (tertiary/aromatic N) is 5. The molecule has 1 unspecified atom stereocenters. The number of fused-ring (bicyclic) bond motifs is 1. The molecule has 12 heteroatoms. The number of aromatic nitrogens is 5. The van der Waals surface area contributed by atoms with Gasteiger partial charge in [0.15, 0.2) is 11.2 Å². The molecule has 154 valence electrons. The summed E-state index contributed by atoms with van der Waals surface area (Å²) in [4.78, 5) is 29.0. The number of hydrogen-bond donors (Lipinski definition) is 0. The summed E-state index contributed by atoms with van der Waals surface area (Å²) in [6, 6.07) is 3.98. The fourth-order valence-electron chi connectivity index (χ4n) is 2.72. The second-order valence-corrected chi connectivity index (χ2v) is 5.85. The van der Waals surface area contributed by atoms with E-state index in [0.717, 1.165) is 16.7 Å². The van der Waals surface area contributed by atoms with Crippen molar-refractivity contribution in [3.05, 3.63) is 40.9 Å². The van der Waals surface area contributed by atoms with Crippen LogP contribution in [0.2, 0.25) is 0 Å². The second-order valence-electron chi connectivity index (χ2n) is 5.85. The zero-order chi connectivity index (χ0) is 21.2. The Balaban J connectivity index is 1.98. The average Bonchev–Trinajstić information content (AvgIpc) is 3.08. The first kappa shape index (κ1) is 20.3. The van der Waals surface area contributed by atoms with Crippen molar-refractivity contribution in [1.82, 2.24) is 24.5 Å². The van der Waals surface area contributed by atoms with Gasteiger partial charge in [-0.3, -0.25) is 9.36 Å². The van der Waals surface area contributed by atoms with Crippen LogP contribution in [0.25, 0.3) is 16.9 Å². The van der Waals surface area contributed by atoms with E-state index in [1.165, 1.54) is 23.1 Å². The normalized spacial score (nSPS) is 12.7. The Morgan fingerprint density at radius 2 is 1.90 bits per heavy atom. The van der Waals surface area contributed by atoms with Crippen LogP contribution in [-0.4, -0.2) is 43.5 Å². The predicted octanol–water partition coefficient (Wildman–Crippen LogP) is 2.39. The Labute approximate surface area is 161 Å². The number of carbonyl (C=O) groups excluding carboxylic acids is 1. The molecular weight excluding hydrogens is 395 g/mol. The van der Waals surface area contributed by atoms with E-state index in [1.54, 1.807) is 13.8 Å². The van der Waals surface area contributed by atoms with Gasteiger partial charge in [-0.15, -0.1) is 18.3 Å². The maximum Gasteiger partial charge on any atom is 0.573 e. The maximum absolute atomic E-state index is 12.7. The van der Waals surface area contributed by atoms with Gasteiger partial charge >= 0.3 is 12.3 Å². The first-order valence-electron chi connectivity index (χ1n) is 8.60. The van der Waals surface area contributed by atoms with Crippen LogP contribution < -0.4 is 10.3 Å². The number of ether oxygens (including phenoxy) is 2. The minimum Gasteiger partial charge on any atom is -0.464 e. The number of rotatable bonds is 6. The van der Waals surface area contributed by atoms with Gasteiger partial charge in [0.1, 0.15) is 18.1 Å². The molecule has 9 nitrogen and oxygen atoms in total. The Bertz CT molecular complexity index is 1080. The molecule has 0 saturated heterocycles. The fraction of sp³-hybridized carbons (Fsp3) is 0.353. The zero-order valence-electron chi connectivity index (χ0n) is 15.4. The molecule has 0 N–H and O–H groups in total. The van der Waals surface area contributed by atoms with Gasteiger partial charge < -0.3 is 9.47 Å². The summed E-state index contributed by atoms with van der Waals surface area (Å²) in [6.07, 6.45) is -3.31. The Morgan fingerprint density at radius 3 is 2.48 bits per heavy atom. The summed E-state index contributed by atoms with van der Waals surface area (Å²) in [5, 5.41) is 7.66. The van der Waals surface area contributed by atoms with Gasteiger partial charge in [0.25, 0.3) is 5.56 Å². The molecule has 3 aromatic rings. The van der Waals surface area contributed by atoms with Crippen molar-refractivity contribution in [1.29, 1.82) is 0 Å². The molecule has 0 bridgehead atoms. The van der Waals surface area contributed by atoms with E-state index in [1.807, 2.05) is 0 Å². The number of hydrogen-bond acceptors (Lipinski definition) is 7. The summed E-state index contributed by atoms with van der Waals surface area (Å²) in [6.45, 7) is 3.55. The number of benzene rings is 1. The van der Waals surface area contributed by atoms with Crippen molar-refractivity contribution < 1.29 is 27.4 Å². The Morgan fingerprint density at radius 1 is 1.21 bits per heavy atom. The summed E-state index contributed by atoms with van der Waals surface area (Å²) in [5.74, 6) is -0.966. The van der Waals surface area contributed by atoms with E-state index in [4.69, 9.17) is 4.74 Å². The number of halogens is 3. The highest BCUT2D eigenvalue weighted by Crippen LogP contribution is 2.24. The highest BCUT2D eigenvalue weighted by molar-refractivity contribution is 5.75. The van der Waals surface area contributed by atoms with Crippen molar-refractivity contribution in [2.24, 2.45) is 0 Å². The van der Waals surface area contributed by atoms with E-state index in [9.17, 15) is 22.8 Å². The van der Waals surface area contributed by atoms with Crippen LogP contribution >= 0.6 is 0 Å². The van der Waals surface area contributed by atoms with E-state index >= 15 is 0 Å². The third-order valence-corrected chi connectivity index (χ3v) is 3.98. The van der Waals surface area contributed by atoms with Crippen LogP contribution in [0, 0.1) is 0 Å². The lowest BCUT2D eigenvalue weighted by Gasteiger charge is -2.15. The zero-order valence-corrected chi connectivity index (χ0v) is 15.4. The largest absolute Gasteiger partial charge is 0.573 e. The second kappa shape index (κ2) is 7.89. The first-order chi connectivity index (χ1) is 13.7. The molecule has 0 aliphatic heterocycles. The average molecular weight is 411 g/mol. The molecule has 2 aromatic heterocycles. The molecule has 0 amide bonds. The number of esters is 1. The summed E-state index contributed by atoms with van der Waals surface area (Å²) in [7, 11) is 0. The van der Waals surface area contributed by atoms with Gasteiger partial charge in [0, 0.05) is 0 Å². The van der Waals surface area contributed by atoms with Gasteiger partial charge in [-0.1, -0.05) is 12.1 Å². The van der Waals surface area contributed by atoms with Crippen LogP contribution in [0.15, 0.2) is 35.4 Å². The predicted molar refractivity (Wildman–Crippen MR) is 93.6 cm³/mol. The molecular formula is C17H16F3N5O4. The van der Waals surface area contributed by atoms with Gasteiger partial charge in [-0.25, -0.2) is 9.78 Å². The van der Waals surface area contributed by atoms with Gasteiger partial charge in [0.2, 0.25) is 0 Å². The molecule has 0 saturated carbocycles. The number of alkyl halides is 3. The topological polar surface area (TPSA) is 101 Å². The maximum atomic E-state index is 12.7. The van der Waals surface area contributed by atoms with E-state index in [-0.39, 0.29) is 17.8 Å². The molecule has 1 aromatic carbocycles. The molecule has 0 fully saturated rings. The standard InChI is InChI=1S/C17H16F3N5O4/c1-3-12(16(27)28-4-2)24-9-21-14-13(15(24)26)22-23-25(14)10-5-7-11(8-6-10)29-17(18,19)20/h5-9,12H,3-4H2,1-2H3. The van der Waals surface area contributed by atoms with Gasteiger partial charge in [-0.05, 0) is 37.6 Å². The highest BCUT2D eigenvalue weighted by atomic mass is 19.4. The number of carbonyl (C=O) groups is 1. The van der Waals surface area contributed by atoms with Crippen molar-refractivity contribution in [3.8, 4) is 11.4 Å². The Hall–Kier alpha value is -3.44. The van der Waals surface area contributed by atoms with Crippen LogP contribution in [0.3, 0.4) is 0 Å². The molecule has 0 aliphatic carbocycles. The minimum atomic E-state index is -4.80. The molecule has 0 radical (unpaired) electrons. The van der Waals surface area contributed by atoms with Crippen LogP contribution in [0.4, 0.5) is 13.2 Å². The summed E-state index contributed by atoms with van der Waals surface area (Å²) < 4.78 is 47.9. The molecule has 1 atom stereocenters. The van der Waals surface area contributed by atoms with E-state index < -0.39 is 29.7 Å². The van der Waals surface area contributed by atoms with Gasteiger partial charge in [-0.2, -0.15) is 4.68 Å². The molecule has 0 spiro atoms. The van der Waals surface area contributed by atoms with Crippen LogP contribution in [0.5, 0.6) is 5.75 Å². The van der Waals surface area contributed by atoms with Crippen LogP contribution in [0.1, 0.15) is 26.3 Å². The van der Waals surface area contributed by atoms with Gasteiger partial charge in [0.05, 0.1) is 12.3 Å². The quantitative estimate of drug-likeness (QED) is 0.574. The molecule has 3 rings (SSSR count). The van der Waals surface area contributed by atoms with Crippen LogP contribution in [-0.2, 0) is 9.53 Å². The van der Waals surface area contributed by atoms with Crippen molar-refractivity contribution >= 4 is 17.1 Å². The van der Waals surface area contributed by atoms with E-state index in [2.05, 4.69) is 20.0 Å². The molecule has 29 heavy (non-hydrogen) atoms. The van der Waals surface area contributed by atoms with E-state index in [0.29, 0.717) is 12.1 Å². The fourth-order valence-corrected chi connectivity index (χ4v) is 2.72. The lowest BCUT2D eigenvalue weighted by atomic mass is 10.2. The van der Waals surface area contributed by atoms with Crippen molar-refractivity contribution in [2.75, 3.05) is 6.61 Å². The lowest BCUT2D eigenvalue weighted by Crippen LogP contribution is -2.31. The summed E-state index contributed by atoms with van der Waals surface area (Å²) >= 11 is 0. The smallest absolute Gasteiger partial charge is 0.464 e. The third-order valence-electron chi connectivity index (χ3n) is 3.98. The summed E-state index contributed by atoms with van der Waals surface area (Å²) in [5.41, 5.74) is -0.261. The Kier molecular flexibility index (Phi) is 5.52. The lowest BCUT2D eigenvalue weighted by molar-refractivity contribution is -0.274. The molecule has 2 heterocycles. The monoisotopic (exact) mass is 411 g/mol. The first-order valence-corrected chi connectivity index (χ1v) is 8.60. The van der Waals surface area contributed by atoms with Crippen molar-refractivity contribution in [2.45, 2.75) is 32.7 Å². The SMILES string of the molecule is CCOC(=O)C(CC)n1cnc2c(nnn2-c2ccc(OC(F)(F)F)cc2)c1=O. The molecule has 0 aliphatic rings.